The molecule has 1 N–H and O–H groups in total. The molecule has 134 valence electrons. The Morgan fingerprint density at radius 3 is 2.76 bits per heavy atom. The summed E-state index contributed by atoms with van der Waals surface area (Å²) in [5.41, 5.74) is 1.98. The third-order valence-electron chi connectivity index (χ3n) is 4.34. The fourth-order valence-electron chi connectivity index (χ4n) is 3.03. The number of carbonyl (C=O) groups excluding carboxylic acids is 2. The molecule has 1 aromatic heterocycles. The lowest BCUT2D eigenvalue weighted by Gasteiger charge is -2.22. The minimum Gasteiger partial charge on any atom is -0.441 e. The van der Waals surface area contributed by atoms with E-state index in [4.69, 9.17) is 4.42 Å². The van der Waals surface area contributed by atoms with E-state index in [0.717, 1.165) is 12.8 Å². The Balaban J connectivity index is 1.66. The molecule has 0 saturated carbocycles. The second kappa shape index (κ2) is 7.55. The van der Waals surface area contributed by atoms with Crippen molar-refractivity contribution >= 4 is 23.0 Å². The summed E-state index contributed by atoms with van der Waals surface area (Å²) in [5, 5.41) is 2.89. The summed E-state index contributed by atoms with van der Waals surface area (Å²) < 4.78 is 5.45. The Hall–Kier alpha value is -2.57. The number of rotatable bonds is 3. The first-order chi connectivity index (χ1) is 12.1. The Bertz CT molecular complexity index is 771. The molecule has 1 fully saturated rings. The molecule has 1 aliphatic rings. The molecule has 1 aromatic carbocycles. The number of urea groups is 1. The molecule has 1 aliphatic heterocycles. The summed E-state index contributed by atoms with van der Waals surface area (Å²) in [5.74, 6) is 0.557. The highest BCUT2D eigenvalue weighted by Gasteiger charge is 2.23. The summed E-state index contributed by atoms with van der Waals surface area (Å²) in [4.78, 5) is 32.8. The molecule has 0 unspecified atom stereocenters. The number of amides is 3. The maximum absolute atomic E-state index is 12.8. The monoisotopic (exact) mass is 344 g/mol. The highest BCUT2D eigenvalue weighted by Crippen LogP contribution is 2.18. The van der Waals surface area contributed by atoms with E-state index in [0.29, 0.717) is 55.3 Å². The molecular formula is C18H24N4O3. The Labute approximate surface area is 147 Å². The van der Waals surface area contributed by atoms with Crippen LogP contribution < -0.4 is 5.32 Å². The van der Waals surface area contributed by atoms with Crippen molar-refractivity contribution in [3.63, 3.8) is 0 Å². The van der Waals surface area contributed by atoms with Crippen molar-refractivity contribution < 1.29 is 14.0 Å². The average Bonchev–Trinajstić information content (AvgIpc) is 2.82. The van der Waals surface area contributed by atoms with Gasteiger partial charge < -0.3 is 19.5 Å². The second-order valence-corrected chi connectivity index (χ2v) is 6.28. The van der Waals surface area contributed by atoms with Crippen LogP contribution >= 0.6 is 0 Å². The van der Waals surface area contributed by atoms with E-state index < -0.39 is 0 Å². The van der Waals surface area contributed by atoms with Gasteiger partial charge in [0.15, 0.2) is 11.5 Å². The Morgan fingerprint density at radius 1 is 1.20 bits per heavy atom. The number of carbonyl (C=O) groups is 2. The van der Waals surface area contributed by atoms with Crippen molar-refractivity contribution in [3.05, 3.63) is 29.7 Å². The van der Waals surface area contributed by atoms with Gasteiger partial charge >= 0.3 is 6.03 Å². The number of aryl methyl sites for hydroxylation is 1. The van der Waals surface area contributed by atoms with Crippen molar-refractivity contribution in [2.24, 2.45) is 0 Å². The van der Waals surface area contributed by atoms with Gasteiger partial charge in [0.25, 0.3) is 5.91 Å². The minimum atomic E-state index is -0.0457. The number of fused-ring (bicyclic) bond motifs is 1. The Kier molecular flexibility index (Phi) is 5.21. The quantitative estimate of drug-likeness (QED) is 0.927. The van der Waals surface area contributed by atoms with Crippen LogP contribution in [0.15, 0.2) is 22.6 Å². The van der Waals surface area contributed by atoms with Gasteiger partial charge in [0.1, 0.15) is 5.52 Å². The highest BCUT2D eigenvalue weighted by atomic mass is 16.3. The van der Waals surface area contributed by atoms with Gasteiger partial charge in [-0.05, 0) is 31.0 Å². The van der Waals surface area contributed by atoms with Crippen LogP contribution in [0.4, 0.5) is 4.79 Å². The van der Waals surface area contributed by atoms with E-state index in [1.807, 2.05) is 6.92 Å². The standard InChI is InChI=1S/C18H24N4O3/c1-3-7-19-18(24)22-9-4-8-21(10-11-22)17(23)14-5-6-16-15(12-14)20-13(2)25-16/h5-6,12H,3-4,7-11H2,1-2H3,(H,19,24). The first-order valence-electron chi connectivity index (χ1n) is 8.77. The van der Waals surface area contributed by atoms with Gasteiger partial charge in [-0.1, -0.05) is 6.92 Å². The van der Waals surface area contributed by atoms with Crippen molar-refractivity contribution in [1.29, 1.82) is 0 Å². The zero-order valence-electron chi connectivity index (χ0n) is 14.7. The molecule has 2 heterocycles. The fourth-order valence-corrected chi connectivity index (χ4v) is 3.03. The number of hydrogen-bond acceptors (Lipinski definition) is 4. The van der Waals surface area contributed by atoms with E-state index >= 15 is 0 Å². The van der Waals surface area contributed by atoms with Crippen LogP contribution in [0.1, 0.15) is 36.0 Å². The average molecular weight is 344 g/mol. The van der Waals surface area contributed by atoms with Gasteiger partial charge in [-0.2, -0.15) is 0 Å². The molecule has 3 rings (SSSR count). The topological polar surface area (TPSA) is 78.7 Å². The molecule has 25 heavy (non-hydrogen) atoms. The number of nitrogens with one attached hydrogen (secondary N) is 1. The van der Waals surface area contributed by atoms with Gasteiger partial charge in [0, 0.05) is 45.2 Å². The molecule has 2 aromatic rings. The maximum atomic E-state index is 12.8. The van der Waals surface area contributed by atoms with Crippen molar-refractivity contribution in [2.75, 3.05) is 32.7 Å². The number of oxazole rings is 1. The van der Waals surface area contributed by atoms with Crippen LogP contribution in [0.2, 0.25) is 0 Å². The summed E-state index contributed by atoms with van der Waals surface area (Å²) in [6.45, 7) is 6.88. The summed E-state index contributed by atoms with van der Waals surface area (Å²) in [6, 6.07) is 5.28. The molecule has 0 aliphatic carbocycles. The molecule has 7 heteroatoms. The number of nitrogens with zero attached hydrogens (tertiary/aromatic N) is 3. The number of hydrogen-bond donors (Lipinski definition) is 1. The minimum absolute atomic E-state index is 0.0293. The first-order valence-corrected chi connectivity index (χ1v) is 8.77. The zero-order chi connectivity index (χ0) is 17.8. The summed E-state index contributed by atoms with van der Waals surface area (Å²) >= 11 is 0. The van der Waals surface area contributed by atoms with Gasteiger partial charge in [0.05, 0.1) is 0 Å². The van der Waals surface area contributed by atoms with Crippen LogP contribution in [-0.2, 0) is 0 Å². The van der Waals surface area contributed by atoms with Crippen LogP contribution in [-0.4, -0.2) is 59.4 Å². The molecule has 1 saturated heterocycles. The van der Waals surface area contributed by atoms with Crippen LogP contribution in [0.5, 0.6) is 0 Å². The lowest BCUT2D eigenvalue weighted by Crippen LogP contribution is -2.42. The number of benzene rings is 1. The predicted molar refractivity (Wildman–Crippen MR) is 94.5 cm³/mol. The third-order valence-corrected chi connectivity index (χ3v) is 4.34. The van der Waals surface area contributed by atoms with Gasteiger partial charge in [0.2, 0.25) is 0 Å². The van der Waals surface area contributed by atoms with E-state index in [1.165, 1.54) is 0 Å². The molecule has 0 radical (unpaired) electrons. The second-order valence-electron chi connectivity index (χ2n) is 6.28. The van der Waals surface area contributed by atoms with Crippen molar-refractivity contribution in [2.45, 2.75) is 26.7 Å². The first kappa shape index (κ1) is 17.3. The summed E-state index contributed by atoms with van der Waals surface area (Å²) in [7, 11) is 0. The lowest BCUT2D eigenvalue weighted by molar-refractivity contribution is 0.0762. The van der Waals surface area contributed by atoms with E-state index in [2.05, 4.69) is 10.3 Å². The smallest absolute Gasteiger partial charge is 0.317 e. The normalized spacial score (nSPS) is 15.3. The fraction of sp³-hybridized carbons (Fsp3) is 0.500. The zero-order valence-corrected chi connectivity index (χ0v) is 14.7. The van der Waals surface area contributed by atoms with Crippen molar-refractivity contribution in [1.82, 2.24) is 20.1 Å². The number of aromatic nitrogens is 1. The van der Waals surface area contributed by atoms with Gasteiger partial charge in [-0.25, -0.2) is 9.78 Å². The van der Waals surface area contributed by atoms with Crippen LogP contribution in [0.25, 0.3) is 11.1 Å². The third kappa shape index (κ3) is 3.92. The molecule has 0 atom stereocenters. The maximum Gasteiger partial charge on any atom is 0.317 e. The molecule has 0 spiro atoms. The van der Waals surface area contributed by atoms with Gasteiger partial charge in [-0.3, -0.25) is 4.79 Å². The molecular weight excluding hydrogens is 320 g/mol. The lowest BCUT2D eigenvalue weighted by atomic mass is 10.1. The highest BCUT2D eigenvalue weighted by molar-refractivity contribution is 5.97. The molecule has 3 amide bonds. The molecule has 7 nitrogen and oxygen atoms in total. The van der Waals surface area contributed by atoms with E-state index in [1.54, 1.807) is 34.9 Å². The van der Waals surface area contributed by atoms with Crippen LogP contribution in [0, 0.1) is 6.92 Å². The van der Waals surface area contributed by atoms with Crippen LogP contribution in [0.3, 0.4) is 0 Å². The molecule has 0 bridgehead atoms. The summed E-state index contributed by atoms with van der Waals surface area (Å²) in [6.07, 6.45) is 1.69. The van der Waals surface area contributed by atoms with E-state index in [-0.39, 0.29) is 11.9 Å². The largest absolute Gasteiger partial charge is 0.441 e. The Morgan fingerprint density at radius 2 is 1.96 bits per heavy atom. The predicted octanol–water partition coefficient (Wildman–Crippen LogP) is 2.40. The van der Waals surface area contributed by atoms with E-state index in [9.17, 15) is 9.59 Å². The SMILES string of the molecule is CCCNC(=O)N1CCCN(C(=O)c2ccc3oc(C)nc3c2)CC1. The van der Waals surface area contributed by atoms with Crippen molar-refractivity contribution in [3.8, 4) is 0 Å². The van der Waals surface area contributed by atoms with Gasteiger partial charge in [-0.15, -0.1) is 0 Å².